The number of alkyl halides is 1. The van der Waals surface area contributed by atoms with Crippen molar-refractivity contribution in [3.05, 3.63) is 0 Å². The molecule has 0 nitrogen and oxygen atoms in total. The summed E-state index contributed by atoms with van der Waals surface area (Å²) in [6, 6.07) is 0.910. The monoisotopic (exact) mass is 104 g/mol. The van der Waals surface area contributed by atoms with Crippen molar-refractivity contribution in [2.75, 3.05) is 0 Å². The summed E-state index contributed by atoms with van der Waals surface area (Å²) in [6.07, 6.45) is 0. The summed E-state index contributed by atoms with van der Waals surface area (Å²) < 4.78 is 12.0. The topological polar surface area (TPSA) is 0 Å². The summed E-state index contributed by atoms with van der Waals surface area (Å²) >= 11 is 0. The highest BCUT2D eigenvalue weighted by molar-refractivity contribution is 6.88. The molecule has 0 bridgehead atoms. The molecule has 1 fully saturated rings. The SMILES string of the molecule is C[Si]1(C)CC1F. The number of rotatable bonds is 0. The average molecular weight is 104 g/mol. The Balaban J connectivity index is 2.41. The van der Waals surface area contributed by atoms with Gasteiger partial charge in [-0.15, -0.1) is 0 Å². The van der Waals surface area contributed by atoms with Crippen LogP contribution < -0.4 is 0 Å². The van der Waals surface area contributed by atoms with E-state index in [2.05, 4.69) is 13.1 Å². The second-order valence-electron chi connectivity index (χ2n) is 2.66. The maximum absolute atomic E-state index is 12.0. The van der Waals surface area contributed by atoms with Gasteiger partial charge in [0.2, 0.25) is 0 Å². The van der Waals surface area contributed by atoms with Gasteiger partial charge in [-0.25, -0.2) is 0 Å². The molecule has 0 N–H and O–H groups in total. The third-order valence-corrected chi connectivity index (χ3v) is 4.18. The van der Waals surface area contributed by atoms with Crippen LogP contribution in [0.3, 0.4) is 0 Å². The molecule has 0 saturated carbocycles. The summed E-state index contributed by atoms with van der Waals surface area (Å²) in [6.45, 7) is 4.16. The fraction of sp³-hybridized carbons (Fsp3) is 1.00. The molecule has 1 saturated heterocycles. The van der Waals surface area contributed by atoms with E-state index in [1.807, 2.05) is 0 Å². The molecule has 1 aliphatic heterocycles. The first-order valence-corrected chi connectivity index (χ1v) is 5.55. The van der Waals surface area contributed by atoms with E-state index < -0.39 is 8.07 Å². The van der Waals surface area contributed by atoms with Gasteiger partial charge in [0.05, 0.1) is 13.9 Å². The Morgan fingerprint density at radius 3 is 1.83 bits per heavy atom. The molecule has 0 aliphatic carbocycles. The van der Waals surface area contributed by atoms with Crippen LogP contribution in [0, 0.1) is 0 Å². The van der Waals surface area contributed by atoms with Crippen LogP contribution in [0.2, 0.25) is 19.1 Å². The van der Waals surface area contributed by atoms with E-state index in [4.69, 9.17) is 0 Å². The highest BCUT2D eigenvalue weighted by atomic mass is 28.3. The minimum absolute atomic E-state index is 0.363. The molecule has 0 aromatic carbocycles. The molecule has 1 atom stereocenters. The van der Waals surface area contributed by atoms with Crippen molar-refractivity contribution in [1.29, 1.82) is 0 Å². The molecule has 0 aromatic heterocycles. The molecule has 1 rings (SSSR count). The average Bonchev–Trinajstić information content (AvgIpc) is 1.73. The highest BCUT2D eigenvalue weighted by Crippen LogP contribution is 2.37. The molecule has 2 heteroatoms. The first-order chi connectivity index (χ1) is 2.63. The smallest absolute Gasteiger partial charge is 0.0904 e. The lowest BCUT2D eigenvalue weighted by atomic mass is 10.9. The largest absolute Gasteiger partial charge is 0.252 e. The van der Waals surface area contributed by atoms with Crippen molar-refractivity contribution in [2.45, 2.75) is 24.9 Å². The number of halogens is 1. The zero-order chi connectivity index (χ0) is 4.78. The van der Waals surface area contributed by atoms with Crippen LogP contribution in [0.5, 0.6) is 0 Å². The van der Waals surface area contributed by atoms with Gasteiger partial charge in [-0.05, 0) is 6.04 Å². The molecule has 1 aliphatic rings. The zero-order valence-electron chi connectivity index (χ0n) is 4.16. The Morgan fingerprint density at radius 1 is 1.67 bits per heavy atom. The van der Waals surface area contributed by atoms with Crippen LogP contribution in [-0.2, 0) is 0 Å². The van der Waals surface area contributed by atoms with Gasteiger partial charge in [0.1, 0.15) is 0 Å². The molecule has 0 amide bonds. The minimum Gasteiger partial charge on any atom is -0.252 e. The maximum atomic E-state index is 12.0. The predicted molar refractivity (Wildman–Crippen MR) is 27.2 cm³/mol. The summed E-state index contributed by atoms with van der Waals surface area (Å²) in [7, 11) is -1.13. The normalized spacial score (nSPS) is 39.5. The van der Waals surface area contributed by atoms with E-state index in [-0.39, 0.29) is 5.79 Å². The van der Waals surface area contributed by atoms with E-state index in [1.54, 1.807) is 0 Å². The minimum atomic E-state index is -1.13. The Kier molecular flexibility index (Phi) is 0.617. The van der Waals surface area contributed by atoms with Crippen LogP contribution in [-0.4, -0.2) is 13.9 Å². The molecule has 0 aromatic rings. The van der Waals surface area contributed by atoms with Crippen LogP contribution >= 0.6 is 0 Å². The first kappa shape index (κ1) is 4.31. The maximum Gasteiger partial charge on any atom is 0.0904 e. The van der Waals surface area contributed by atoms with E-state index in [9.17, 15) is 4.39 Å². The summed E-state index contributed by atoms with van der Waals surface area (Å²) in [4.78, 5) is 0. The second kappa shape index (κ2) is 0.860. The van der Waals surface area contributed by atoms with Crippen LogP contribution in [0.25, 0.3) is 0 Å². The predicted octanol–water partition coefficient (Wildman–Crippen LogP) is 1.59. The van der Waals surface area contributed by atoms with Gasteiger partial charge in [-0.2, -0.15) is 0 Å². The lowest BCUT2D eigenvalue weighted by Gasteiger charge is -1.85. The third-order valence-electron chi connectivity index (χ3n) is 1.39. The lowest BCUT2D eigenvalue weighted by molar-refractivity contribution is 0.514. The Bertz CT molecular complexity index is 69.9. The van der Waals surface area contributed by atoms with Crippen molar-refractivity contribution in [3.8, 4) is 0 Å². The van der Waals surface area contributed by atoms with Gasteiger partial charge in [0.15, 0.2) is 0 Å². The standard InChI is InChI=1S/C4H9FSi/c1-6(2)3-4(6)5/h4H,3H2,1-2H3. The van der Waals surface area contributed by atoms with Crippen molar-refractivity contribution in [2.24, 2.45) is 0 Å². The molecule has 1 unspecified atom stereocenters. The van der Waals surface area contributed by atoms with Gasteiger partial charge >= 0.3 is 0 Å². The molecule has 1 heterocycles. The highest BCUT2D eigenvalue weighted by Gasteiger charge is 2.48. The molecule has 6 heavy (non-hydrogen) atoms. The lowest BCUT2D eigenvalue weighted by Crippen LogP contribution is -2.03. The van der Waals surface area contributed by atoms with E-state index in [0.29, 0.717) is 0 Å². The number of hydrogen-bond donors (Lipinski definition) is 0. The summed E-state index contributed by atoms with van der Waals surface area (Å²) in [5.41, 5.74) is 0. The van der Waals surface area contributed by atoms with E-state index in [1.165, 1.54) is 0 Å². The van der Waals surface area contributed by atoms with Crippen LogP contribution in [0.4, 0.5) is 4.39 Å². The van der Waals surface area contributed by atoms with Crippen molar-refractivity contribution in [1.82, 2.24) is 0 Å². The third kappa shape index (κ3) is 0.491. The van der Waals surface area contributed by atoms with Gasteiger partial charge in [0.25, 0.3) is 0 Å². The van der Waals surface area contributed by atoms with E-state index in [0.717, 1.165) is 6.04 Å². The van der Waals surface area contributed by atoms with Crippen LogP contribution in [0.15, 0.2) is 0 Å². The summed E-state index contributed by atoms with van der Waals surface area (Å²) in [5, 5.41) is 0. The molecule has 0 spiro atoms. The van der Waals surface area contributed by atoms with Crippen LogP contribution in [0.1, 0.15) is 0 Å². The molecular formula is C4H9FSi. The second-order valence-corrected chi connectivity index (χ2v) is 7.67. The van der Waals surface area contributed by atoms with Gasteiger partial charge in [0, 0.05) is 0 Å². The molecule has 36 valence electrons. The fourth-order valence-electron chi connectivity index (χ4n) is 0.403. The Labute approximate surface area is 38.4 Å². The van der Waals surface area contributed by atoms with E-state index >= 15 is 0 Å². The zero-order valence-corrected chi connectivity index (χ0v) is 5.16. The van der Waals surface area contributed by atoms with Gasteiger partial charge in [-0.3, -0.25) is 4.39 Å². The Morgan fingerprint density at radius 2 is 1.83 bits per heavy atom. The first-order valence-electron chi connectivity index (χ1n) is 2.27. The van der Waals surface area contributed by atoms with Crippen molar-refractivity contribution in [3.63, 3.8) is 0 Å². The van der Waals surface area contributed by atoms with Crippen molar-refractivity contribution < 1.29 is 4.39 Å². The van der Waals surface area contributed by atoms with Gasteiger partial charge < -0.3 is 0 Å². The fourth-order valence-corrected chi connectivity index (χ4v) is 2.43. The number of hydrogen-bond acceptors (Lipinski definition) is 0. The van der Waals surface area contributed by atoms with Crippen molar-refractivity contribution >= 4 is 8.07 Å². The molecular weight excluding hydrogens is 95.1 g/mol. The molecule has 0 radical (unpaired) electrons. The van der Waals surface area contributed by atoms with Gasteiger partial charge in [-0.1, -0.05) is 13.1 Å². The quantitative estimate of drug-likeness (QED) is 0.409. The summed E-state index contributed by atoms with van der Waals surface area (Å²) in [5.74, 6) is -0.363. The Hall–Kier alpha value is 0.147.